The normalized spacial score (nSPS) is 11.4. The molecular formula is C20H23F3N2O2. The molecule has 2 rings (SSSR count). The molecule has 0 saturated carbocycles. The SMILES string of the molecule is Cc1c(N)c(C)c(F)c(N(Cc2ccc(F)cc2)C(=O)OC(C)(C)C)c1F. The van der Waals surface area contributed by atoms with Crippen LogP contribution in [0.5, 0.6) is 0 Å². The number of hydrogen-bond donors (Lipinski definition) is 1. The summed E-state index contributed by atoms with van der Waals surface area (Å²) in [6.07, 6.45) is -0.923. The van der Waals surface area contributed by atoms with E-state index in [9.17, 15) is 18.0 Å². The van der Waals surface area contributed by atoms with Crippen molar-refractivity contribution < 1.29 is 22.7 Å². The highest BCUT2D eigenvalue weighted by atomic mass is 19.1. The monoisotopic (exact) mass is 380 g/mol. The van der Waals surface area contributed by atoms with Crippen LogP contribution in [0.4, 0.5) is 29.3 Å². The number of benzene rings is 2. The van der Waals surface area contributed by atoms with Gasteiger partial charge in [-0.15, -0.1) is 0 Å². The van der Waals surface area contributed by atoms with Gasteiger partial charge in [-0.2, -0.15) is 0 Å². The smallest absolute Gasteiger partial charge is 0.415 e. The van der Waals surface area contributed by atoms with Crippen molar-refractivity contribution in [2.24, 2.45) is 0 Å². The van der Waals surface area contributed by atoms with Crippen molar-refractivity contribution in [2.45, 2.75) is 46.8 Å². The number of ether oxygens (including phenoxy) is 1. The summed E-state index contributed by atoms with van der Waals surface area (Å²) in [6.45, 7) is 7.55. The lowest BCUT2D eigenvalue weighted by atomic mass is 10.0. The van der Waals surface area contributed by atoms with Crippen molar-refractivity contribution in [3.8, 4) is 0 Å². The molecule has 2 N–H and O–H groups in total. The Morgan fingerprint density at radius 3 is 1.96 bits per heavy atom. The molecule has 1 amide bonds. The second kappa shape index (κ2) is 7.50. The van der Waals surface area contributed by atoms with Crippen LogP contribution in [0, 0.1) is 31.3 Å². The van der Waals surface area contributed by atoms with Gasteiger partial charge >= 0.3 is 6.09 Å². The van der Waals surface area contributed by atoms with Crippen molar-refractivity contribution in [3.63, 3.8) is 0 Å². The fraction of sp³-hybridized carbons (Fsp3) is 0.350. The van der Waals surface area contributed by atoms with Crippen LogP contribution < -0.4 is 10.6 Å². The van der Waals surface area contributed by atoms with Gasteiger partial charge in [0.25, 0.3) is 0 Å². The van der Waals surface area contributed by atoms with Gasteiger partial charge in [-0.25, -0.2) is 18.0 Å². The maximum Gasteiger partial charge on any atom is 0.415 e. The third kappa shape index (κ3) is 4.53. The van der Waals surface area contributed by atoms with E-state index in [4.69, 9.17) is 10.5 Å². The average molecular weight is 380 g/mol. The highest BCUT2D eigenvalue weighted by Crippen LogP contribution is 2.35. The van der Waals surface area contributed by atoms with E-state index in [1.807, 2.05) is 0 Å². The van der Waals surface area contributed by atoms with Crippen LogP contribution in [-0.4, -0.2) is 11.7 Å². The second-order valence-electron chi connectivity index (χ2n) is 7.33. The van der Waals surface area contributed by atoms with Crippen LogP contribution in [0.2, 0.25) is 0 Å². The Hall–Kier alpha value is -2.70. The second-order valence-corrected chi connectivity index (χ2v) is 7.33. The Morgan fingerprint density at radius 2 is 1.52 bits per heavy atom. The Bertz CT molecular complexity index is 830. The van der Waals surface area contributed by atoms with Gasteiger partial charge in [0.15, 0.2) is 11.6 Å². The Balaban J connectivity index is 2.59. The van der Waals surface area contributed by atoms with E-state index in [-0.39, 0.29) is 23.4 Å². The maximum absolute atomic E-state index is 14.9. The van der Waals surface area contributed by atoms with Crippen molar-refractivity contribution in [3.05, 3.63) is 58.4 Å². The minimum Gasteiger partial charge on any atom is -0.443 e. The number of carbonyl (C=O) groups excluding carboxylic acids is 1. The first-order valence-corrected chi connectivity index (χ1v) is 8.41. The number of nitrogens with two attached hydrogens (primary N) is 1. The van der Waals surface area contributed by atoms with Crippen LogP contribution in [0.15, 0.2) is 24.3 Å². The molecule has 4 nitrogen and oxygen atoms in total. The summed E-state index contributed by atoms with van der Waals surface area (Å²) in [5, 5.41) is 0. The lowest BCUT2D eigenvalue weighted by molar-refractivity contribution is 0.0575. The van der Waals surface area contributed by atoms with Crippen molar-refractivity contribution in [1.82, 2.24) is 0 Å². The van der Waals surface area contributed by atoms with Gasteiger partial charge in [0.2, 0.25) is 0 Å². The molecule has 0 atom stereocenters. The standard InChI is InChI=1S/C20H23F3N2O2/c1-11-15(22)18(16(23)12(2)17(11)24)25(19(26)27-20(3,4)5)10-13-6-8-14(21)9-7-13/h6-9H,10,24H2,1-5H3. The zero-order chi connectivity index (χ0) is 20.5. The summed E-state index contributed by atoms with van der Waals surface area (Å²) in [7, 11) is 0. The third-order valence-electron chi connectivity index (χ3n) is 4.02. The summed E-state index contributed by atoms with van der Waals surface area (Å²) in [4.78, 5) is 13.6. The first-order chi connectivity index (χ1) is 12.4. The zero-order valence-electron chi connectivity index (χ0n) is 16.0. The average Bonchev–Trinajstić information content (AvgIpc) is 2.57. The number of nitrogen functional groups attached to an aromatic ring is 1. The number of anilines is 2. The highest BCUT2D eigenvalue weighted by molar-refractivity contribution is 5.89. The quantitative estimate of drug-likeness (QED) is 0.741. The summed E-state index contributed by atoms with van der Waals surface area (Å²) >= 11 is 0. The van der Waals surface area contributed by atoms with Crippen LogP contribution in [0.25, 0.3) is 0 Å². The van der Waals surface area contributed by atoms with Crippen molar-refractivity contribution >= 4 is 17.5 Å². The minimum atomic E-state index is -0.941. The number of amides is 1. The maximum atomic E-state index is 14.9. The van der Waals surface area contributed by atoms with Crippen LogP contribution in [-0.2, 0) is 11.3 Å². The highest BCUT2D eigenvalue weighted by Gasteiger charge is 2.30. The van der Waals surface area contributed by atoms with Gasteiger partial charge in [0.05, 0.1) is 6.54 Å². The van der Waals surface area contributed by atoms with Gasteiger partial charge in [-0.05, 0) is 52.3 Å². The molecule has 0 aliphatic heterocycles. The fourth-order valence-corrected chi connectivity index (χ4v) is 2.53. The molecule has 0 radical (unpaired) electrons. The predicted octanol–water partition coefficient (Wildman–Crippen LogP) is 5.24. The molecule has 2 aromatic carbocycles. The first kappa shape index (κ1) is 20.6. The Labute approximate surface area is 156 Å². The van der Waals surface area contributed by atoms with Gasteiger partial charge in [-0.3, -0.25) is 4.90 Å². The lowest BCUT2D eigenvalue weighted by Crippen LogP contribution is -2.38. The largest absolute Gasteiger partial charge is 0.443 e. The molecule has 0 saturated heterocycles. The lowest BCUT2D eigenvalue weighted by Gasteiger charge is -2.29. The third-order valence-corrected chi connectivity index (χ3v) is 4.02. The summed E-state index contributed by atoms with van der Waals surface area (Å²) in [6, 6.07) is 5.27. The molecule has 0 aliphatic rings. The topological polar surface area (TPSA) is 55.6 Å². The van der Waals surface area contributed by atoms with Gasteiger partial charge in [0.1, 0.15) is 17.1 Å². The molecule has 27 heavy (non-hydrogen) atoms. The summed E-state index contributed by atoms with van der Waals surface area (Å²) in [5.41, 5.74) is 4.87. The molecule has 2 aromatic rings. The Kier molecular flexibility index (Phi) is 5.73. The van der Waals surface area contributed by atoms with E-state index in [0.29, 0.717) is 5.56 Å². The van der Waals surface area contributed by atoms with Crippen LogP contribution in [0.1, 0.15) is 37.5 Å². The molecule has 0 heterocycles. The van der Waals surface area contributed by atoms with E-state index in [1.165, 1.54) is 38.1 Å². The Morgan fingerprint density at radius 1 is 1.04 bits per heavy atom. The van der Waals surface area contributed by atoms with Gasteiger partial charge in [0, 0.05) is 16.8 Å². The van der Waals surface area contributed by atoms with Crippen molar-refractivity contribution in [2.75, 3.05) is 10.6 Å². The van der Waals surface area contributed by atoms with Crippen molar-refractivity contribution in [1.29, 1.82) is 0 Å². The number of halogens is 3. The van der Waals surface area contributed by atoms with Crippen LogP contribution >= 0.6 is 0 Å². The fourth-order valence-electron chi connectivity index (χ4n) is 2.53. The molecule has 0 unspecified atom stereocenters. The minimum absolute atomic E-state index is 0.0142. The van der Waals surface area contributed by atoms with E-state index in [0.717, 1.165) is 4.90 Å². The number of carbonyl (C=O) groups is 1. The van der Waals surface area contributed by atoms with E-state index < -0.39 is 34.8 Å². The molecule has 0 aliphatic carbocycles. The molecule has 0 spiro atoms. The first-order valence-electron chi connectivity index (χ1n) is 8.41. The summed E-state index contributed by atoms with van der Waals surface area (Å²) < 4.78 is 48.3. The number of hydrogen-bond acceptors (Lipinski definition) is 3. The number of nitrogens with zero attached hydrogens (tertiary/aromatic N) is 1. The molecule has 0 fully saturated rings. The predicted molar refractivity (Wildman–Crippen MR) is 99.1 cm³/mol. The van der Waals surface area contributed by atoms with Crippen LogP contribution in [0.3, 0.4) is 0 Å². The number of rotatable bonds is 3. The van der Waals surface area contributed by atoms with E-state index in [2.05, 4.69) is 0 Å². The van der Waals surface area contributed by atoms with E-state index in [1.54, 1.807) is 20.8 Å². The van der Waals surface area contributed by atoms with Gasteiger partial charge in [-0.1, -0.05) is 12.1 Å². The van der Waals surface area contributed by atoms with Gasteiger partial charge < -0.3 is 10.5 Å². The molecule has 0 aromatic heterocycles. The molecule has 7 heteroatoms. The van der Waals surface area contributed by atoms with E-state index >= 15 is 0 Å². The zero-order valence-corrected chi connectivity index (χ0v) is 16.0. The molecule has 146 valence electrons. The molecular weight excluding hydrogens is 357 g/mol. The molecule has 0 bridgehead atoms. The summed E-state index contributed by atoms with van der Waals surface area (Å²) in [5.74, 6) is -2.34.